The quantitative estimate of drug-likeness (QED) is 0.595. The lowest BCUT2D eigenvalue weighted by molar-refractivity contribution is -0.384. The SMILES string of the molecule is Cc1nc(CCNc2ccc(S(=O)(=O)C(F)(F)F)cc2[N+](=O)[O-])cs1. The summed E-state index contributed by atoms with van der Waals surface area (Å²) in [6.45, 7) is 2.07. The average molecular weight is 395 g/mol. The molecular formula is C13H12F3N3O4S2. The minimum Gasteiger partial charge on any atom is -0.379 e. The number of nitro benzene ring substituents is 1. The van der Waals surface area contributed by atoms with E-state index in [2.05, 4.69) is 10.3 Å². The van der Waals surface area contributed by atoms with Crippen molar-refractivity contribution in [2.24, 2.45) is 0 Å². The van der Waals surface area contributed by atoms with Crippen LogP contribution in [0.2, 0.25) is 0 Å². The summed E-state index contributed by atoms with van der Waals surface area (Å²) in [5.41, 5.74) is -5.58. The van der Waals surface area contributed by atoms with Crippen LogP contribution in [-0.2, 0) is 16.3 Å². The fourth-order valence-electron chi connectivity index (χ4n) is 1.96. The van der Waals surface area contributed by atoms with Gasteiger partial charge in [-0.1, -0.05) is 0 Å². The number of anilines is 1. The van der Waals surface area contributed by atoms with Crippen LogP contribution in [0.5, 0.6) is 0 Å². The van der Waals surface area contributed by atoms with Crippen molar-refractivity contribution in [3.63, 3.8) is 0 Å². The Kier molecular flexibility index (Phi) is 5.32. The lowest BCUT2D eigenvalue weighted by Gasteiger charge is -2.10. The van der Waals surface area contributed by atoms with Crippen molar-refractivity contribution in [3.8, 4) is 0 Å². The maximum absolute atomic E-state index is 12.6. The number of sulfone groups is 1. The Balaban J connectivity index is 2.23. The number of nitro groups is 1. The van der Waals surface area contributed by atoms with E-state index in [9.17, 15) is 31.7 Å². The molecule has 0 spiro atoms. The van der Waals surface area contributed by atoms with Gasteiger partial charge in [-0.25, -0.2) is 13.4 Å². The normalized spacial score (nSPS) is 12.2. The third-order valence-electron chi connectivity index (χ3n) is 3.14. The Labute approximate surface area is 144 Å². The molecule has 0 saturated heterocycles. The van der Waals surface area contributed by atoms with E-state index in [1.54, 1.807) is 0 Å². The highest BCUT2D eigenvalue weighted by Crippen LogP contribution is 2.34. The molecule has 0 unspecified atom stereocenters. The van der Waals surface area contributed by atoms with Gasteiger partial charge in [0.05, 0.1) is 20.5 Å². The van der Waals surface area contributed by atoms with Gasteiger partial charge in [-0.3, -0.25) is 10.1 Å². The number of nitrogens with zero attached hydrogens (tertiary/aromatic N) is 2. The van der Waals surface area contributed by atoms with E-state index in [0.717, 1.165) is 16.8 Å². The zero-order valence-electron chi connectivity index (χ0n) is 12.7. The molecule has 7 nitrogen and oxygen atoms in total. The van der Waals surface area contributed by atoms with E-state index in [1.165, 1.54) is 11.3 Å². The monoisotopic (exact) mass is 395 g/mol. The highest BCUT2D eigenvalue weighted by atomic mass is 32.2. The first kappa shape index (κ1) is 19.1. The highest BCUT2D eigenvalue weighted by molar-refractivity contribution is 7.92. The van der Waals surface area contributed by atoms with Crippen LogP contribution in [0.25, 0.3) is 0 Å². The van der Waals surface area contributed by atoms with Crippen LogP contribution in [0.1, 0.15) is 10.7 Å². The van der Waals surface area contributed by atoms with Crippen LogP contribution in [0.3, 0.4) is 0 Å². The van der Waals surface area contributed by atoms with Gasteiger partial charge in [-0.05, 0) is 19.1 Å². The summed E-state index contributed by atoms with van der Waals surface area (Å²) >= 11 is 1.45. The number of nitrogens with one attached hydrogen (secondary N) is 1. The Morgan fingerprint density at radius 3 is 2.56 bits per heavy atom. The number of alkyl halides is 3. The second kappa shape index (κ2) is 6.96. The lowest BCUT2D eigenvalue weighted by Crippen LogP contribution is -2.23. The number of benzene rings is 1. The van der Waals surface area contributed by atoms with E-state index in [-0.39, 0.29) is 12.2 Å². The molecule has 136 valence electrons. The van der Waals surface area contributed by atoms with Gasteiger partial charge in [-0.2, -0.15) is 13.2 Å². The first-order chi connectivity index (χ1) is 11.5. The molecule has 0 bridgehead atoms. The first-order valence-corrected chi connectivity index (χ1v) is 9.13. The van der Waals surface area contributed by atoms with Gasteiger partial charge in [0.1, 0.15) is 5.69 Å². The summed E-state index contributed by atoms with van der Waals surface area (Å²) < 4.78 is 60.4. The largest absolute Gasteiger partial charge is 0.501 e. The fourth-order valence-corrected chi connectivity index (χ4v) is 3.39. The Bertz CT molecular complexity index is 894. The fraction of sp³-hybridized carbons (Fsp3) is 0.308. The van der Waals surface area contributed by atoms with E-state index >= 15 is 0 Å². The van der Waals surface area contributed by atoms with Crippen molar-refractivity contribution in [3.05, 3.63) is 44.4 Å². The summed E-state index contributed by atoms with van der Waals surface area (Å²) in [5, 5.41) is 16.5. The number of aryl methyl sites for hydroxylation is 1. The van der Waals surface area contributed by atoms with Gasteiger partial charge in [0.25, 0.3) is 15.5 Å². The molecular weight excluding hydrogens is 383 g/mol. The molecule has 1 N–H and O–H groups in total. The summed E-state index contributed by atoms with van der Waals surface area (Å²) in [7, 11) is -5.65. The molecule has 12 heteroatoms. The lowest BCUT2D eigenvalue weighted by atomic mass is 10.2. The summed E-state index contributed by atoms with van der Waals surface area (Å²) in [5.74, 6) is 0. The Morgan fingerprint density at radius 1 is 1.36 bits per heavy atom. The second-order valence-electron chi connectivity index (χ2n) is 4.92. The van der Waals surface area contributed by atoms with E-state index in [1.807, 2.05) is 12.3 Å². The van der Waals surface area contributed by atoms with E-state index in [4.69, 9.17) is 0 Å². The van der Waals surface area contributed by atoms with E-state index in [0.29, 0.717) is 18.6 Å². The van der Waals surface area contributed by atoms with Crippen LogP contribution in [-0.4, -0.2) is 30.4 Å². The minimum atomic E-state index is -5.65. The number of hydrogen-bond donors (Lipinski definition) is 1. The molecule has 25 heavy (non-hydrogen) atoms. The van der Waals surface area contributed by atoms with Crippen molar-refractivity contribution in [1.29, 1.82) is 0 Å². The molecule has 0 aliphatic rings. The summed E-state index contributed by atoms with van der Waals surface area (Å²) in [4.78, 5) is 13.2. The van der Waals surface area contributed by atoms with Crippen LogP contribution in [0, 0.1) is 17.0 Å². The smallest absolute Gasteiger partial charge is 0.379 e. The Hall–Kier alpha value is -2.21. The van der Waals surface area contributed by atoms with Crippen molar-refractivity contribution >= 4 is 32.5 Å². The molecule has 0 saturated carbocycles. The minimum absolute atomic E-state index is 0.0712. The van der Waals surface area contributed by atoms with Crippen molar-refractivity contribution in [1.82, 2.24) is 4.98 Å². The topological polar surface area (TPSA) is 102 Å². The van der Waals surface area contributed by atoms with Gasteiger partial charge in [0.2, 0.25) is 0 Å². The summed E-state index contributed by atoms with van der Waals surface area (Å²) in [6.07, 6.45) is 0.449. The van der Waals surface area contributed by atoms with Gasteiger partial charge >= 0.3 is 5.51 Å². The molecule has 1 aromatic heterocycles. The molecule has 0 atom stereocenters. The van der Waals surface area contributed by atoms with Crippen LogP contribution in [0.4, 0.5) is 24.5 Å². The molecule has 1 heterocycles. The van der Waals surface area contributed by atoms with Crippen LogP contribution >= 0.6 is 11.3 Å². The van der Waals surface area contributed by atoms with Crippen LogP contribution in [0.15, 0.2) is 28.5 Å². The van der Waals surface area contributed by atoms with Crippen molar-refractivity contribution < 1.29 is 26.5 Å². The van der Waals surface area contributed by atoms with Crippen molar-refractivity contribution in [2.75, 3.05) is 11.9 Å². The number of rotatable bonds is 6. The van der Waals surface area contributed by atoms with Gasteiger partial charge in [0, 0.05) is 24.4 Å². The molecule has 0 aliphatic carbocycles. The standard InChI is InChI=1S/C13H12F3N3O4S2/c1-8-18-9(7-24-8)4-5-17-11-3-2-10(6-12(11)19(20)21)25(22,23)13(14,15)16/h2-3,6-7,17H,4-5H2,1H3. The molecule has 0 aliphatic heterocycles. The molecule has 0 radical (unpaired) electrons. The second-order valence-corrected chi connectivity index (χ2v) is 7.92. The van der Waals surface area contributed by atoms with Crippen LogP contribution < -0.4 is 5.32 Å². The molecule has 0 fully saturated rings. The third kappa shape index (κ3) is 4.25. The number of halogens is 3. The highest BCUT2D eigenvalue weighted by Gasteiger charge is 2.47. The maximum Gasteiger partial charge on any atom is 0.501 e. The zero-order valence-corrected chi connectivity index (χ0v) is 14.3. The zero-order chi connectivity index (χ0) is 18.8. The maximum atomic E-state index is 12.6. The number of aromatic nitrogens is 1. The number of thiazole rings is 1. The van der Waals surface area contributed by atoms with Gasteiger partial charge < -0.3 is 5.32 Å². The van der Waals surface area contributed by atoms with Gasteiger partial charge in [0.15, 0.2) is 0 Å². The summed E-state index contributed by atoms with van der Waals surface area (Å²) in [6, 6.07) is 2.03. The third-order valence-corrected chi connectivity index (χ3v) is 5.45. The average Bonchev–Trinajstić information content (AvgIpc) is 2.91. The number of hydrogen-bond acceptors (Lipinski definition) is 7. The van der Waals surface area contributed by atoms with E-state index < -0.39 is 30.9 Å². The van der Waals surface area contributed by atoms with Crippen molar-refractivity contribution in [2.45, 2.75) is 23.7 Å². The predicted molar refractivity (Wildman–Crippen MR) is 85.4 cm³/mol. The molecule has 1 aromatic carbocycles. The Morgan fingerprint density at radius 2 is 2.04 bits per heavy atom. The molecule has 2 rings (SSSR count). The molecule has 0 amide bonds. The van der Waals surface area contributed by atoms with Gasteiger partial charge in [-0.15, -0.1) is 11.3 Å². The predicted octanol–water partition coefficient (Wildman–Crippen LogP) is 3.31. The first-order valence-electron chi connectivity index (χ1n) is 6.77. The molecule has 2 aromatic rings.